The zero-order valence-corrected chi connectivity index (χ0v) is 16.0. The van der Waals surface area contributed by atoms with Crippen LogP contribution in [-0.4, -0.2) is 37.5 Å². The summed E-state index contributed by atoms with van der Waals surface area (Å²) in [7, 11) is -3.23. The molecule has 0 aliphatic carbocycles. The number of hydrogen-bond acceptors (Lipinski definition) is 5. The number of anilines is 1. The van der Waals surface area contributed by atoms with Gasteiger partial charge in [-0.25, -0.2) is 8.42 Å². The zero-order valence-electron chi connectivity index (χ0n) is 15.2. The van der Waals surface area contributed by atoms with E-state index in [1.807, 2.05) is 18.2 Å². The Labute approximate surface area is 158 Å². The van der Waals surface area contributed by atoms with Crippen molar-refractivity contribution in [3.63, 3.8) is 0 Å². The van der Waals surface area contributed by atoms with E-state index in [0.29, 0.717) is 50.6 Å². The van der Waals surface area contributed by atoms with Gasteiger partial charge in [0.25, 0.3) is 5.91 Å². The summed E-state index contributed by atoms with van der Waals surface area (Å²) in [5.74, 6) is 0.138. The minimum absolute atomic E-state index is 0.0894. The third-order valence-electron chi connectivity index (χ3n) is 5.18. The summed E-state index contributed by atoms with van der Waals surface area (Å²) in [5, 5.41) is 2.95. The predicted molar refractivity (Wildman–Crippen MR) is 100 cm³/mol. The lowest BCUT2D eigenvalue weighted by molar-refractivity contribution is 0.0988. The summed E-state index contributed by atoms with van der Waals surface area (Å²) < 4.78 is 36.7. The maximum absolute atomic E-state index is 12.8. The molecule has 3 heterocycles. The second-order valence-electron chi connectivity index (χ2n) is 6.75. The second-order valence-corrected chi connectivity index (χ2v) is 9.01. The van der Waals surface area contributed by atoms with Crippen LogP contribution in [0.2, 0.25) is 0 Å². The van der Waals surface area contributed by atoms with Crippen LogP contribution >= 0.6 is 0 Å². The highest BCUT2D eigenvalue weighted by atomic mass is 32.2. The van der Waals surface area contributed by atoms with Gasteiger partial charge in [-0.2, -0.15) is 4.31 Å². The highest BCUT2D eigenvalue weighted by molar-refractivity contribution is 7.89. The number of fused-ring (bicyclic) bond motifs is 2. The van der Waals surface area contributed by atoms with Gasteiger partial charge in [0.2, 0.25) is 10.0 Å². The summed E-state index contributed by atoms with van der Waals surface area (Å²) in [5.41, 5.74) is 4.44. The van der Waals surface area contributed by atoms with E-state index < -0.39 is 10.0 Å². The van der Waals surface area contributed by atoms with Gasteiger partial charge in [-0.05, 0) is 30.5 Å². The number of benzene rings is 1. The van der Waals surface area contributed by atoms with Crippen molar-refractivity contribution in [3.05, 3.63) is 52.5 Å². The number of nitrogens with one attached hydrogen (secondary N) is 1. The van der Waals surface area contributed by atoms with Crippen LogP contribution in [-0.2, 0) is 40.8 Å². The molecular weight excluding hydrogens is 368 g/mol. The SMILES string of the molecule is CCS(=O)(=O)N1CCc2c(cccc2NC(=O)c2occ3c2CCOC3)C1. The number of furan rings is 1. The van der Waals surface area contributed by atoms with E-state index in [0.717, 1.165) is 22.3 Å². The molecule has 27 heavy (non-hydrogen) atoms. The van der Waals surface area contributed by atoms with Crippen molar-refractivity contribution in [2.45, 2.75) is 32.9 Å². The maximum atomic E-state index is 12.8. The van der Waals surface area contributed by atoms with E-state index in [1.165, 1.54) is 4.31 Å². The fraction of sp³-hybridized carbons (Fsp3) is 0.421. The fourth-order valence-corrected chi connectivity index (χ4v) is 4.73. The molecule has 2 aromatic rings. The first kappa shape index (κ1) is 18.2. The predicted octanol–water partition coefficient (Wildman–Crippen LogP) is 2.31. The van der Waals surface area contributed by atoms with Gasteiger partial charge in [0.05, 0.1) is 25.2 Å². The van der Waals surface area contributed by atoms with Crippen molar-refractivity contribution in [1.82, 2.24) is 4.31 Å². The Morgan fingerprint density at radius 3 is 2.89 bits per heavy atom. The molecule has 1 aromatic carbocycles. The lowest BCUT2D eigenvalue weighted by Crippen LogP contribution is -2.37. The van der Waals surface area contributed by atoms with Gasteiger partial charge in [-0.1, -0.05) is 12.1 Å². The van der Waals surface area contributed by atoms with E-state index in [9.17, 15) is 13.2 Å². The highest BCUT2D eigenvalue weighted by Gasteiger charge is 2.28. The van der Waals surface area contributed by atoms with Crippen LogP contribution in [0.15, 0.2) is 28.9 Å². The molecule has 2 aliphatic rings. The molecule has 0 unspecified atom stereocenters. The largest absolute Gasteiger partial charge is 0.458 e. The molecule has 7 nitrogen and oxygen atoms in total. The molecule has 8 heteroatoms. The molecule has 4 rings (SSSR count). The van der Waals surface area contributed by atoms with Crippen molar-refractivity contribution in [3.8, 4) is 0 Å². The van der Waals surface area contributed by atoms with Crippen LogP contribution in [0.5, 0.6) is 0 Å². The van der Waals surface area contributed by atoms with Crippen LogP contribution in [0.4, 0.5) is 5.69 Å². The van der Waals surface area contributed by atoms with Crippen molar-refractivity contribution in [2.24, 2.45) is 0 Å². The van der Waals surface area contributed by atoms with Crippen LogP contribution in [0.25, 0.3) is 0 Å². The quantitative estimate of drug-likeness (QED) is 0.865. The monoisotopic (exact) mass is 390 g/mol. The average molecular weight is 390 g/mol. The number of hydrogen-bond donors (Lipinski definition) is 1. The minimum Gasteiger partial charge on any atom is -0.458 e. The van der Waals surface area contributed by atoms with Crippen molar-refractivity contribution in [1.29, 1.82) is 0 Å². The Kier molecular flexibility index (Phi) is 4.79. The van der Waals surface area contributed by atoms with Crippen LogP contribution in [0, 0.1) is 0 Å². The van der Waals surface area contributed by atoms with Crippen LogP contribution in [0.3, 0.4) is 0 Å². The summed E-state index contributed by atoms with van der Waals surface area (Å²) in [4.78, 5) is 12.8. The topological polar surface area (TPSA) is 88.9 Å². The summed E-state index contributed by atoms with van der Waals surface area (Å²) >= 11 is 0. The molecule has 0 fully saturated rings. The van der Waals surface area contributed by atoms with Gasteiger partial charge in [-0.3, -0.25) is 4.79 Å². The first-order valence-corrected chi connectivity index (χ1v) is 10.7. The van der Waals surface area contributed by atoms with Gasteiger partial charge in [0, 0.05) is 36.3 Å². The fourth-order valence-electron chi connectivity index (χ4n) is 3.66. The Bertz CT molecular complexity index is 980. The van der Waals surface area contributed by atoms with E-state index in [1.54, 1.807) is 13.2 Å². The van der Waals surface area contributed by atoms with E-state index in [-0.39, 0.29) is 11.7 Å². The molecule has 0 radical (unpaired) electrons. The normalized spacial score (nSPS) is 17.2. The second kappa shape index (κ2) is 7.10. The molecule has 1 aromatic heterocycles. The van der Waals surface area contributed by atoms with Gasteiger partial charge < -0.3 is 14.5 Å². The van der Waals surface area contributed by atoms with Crippen molar-refractivity contribution in [2.75, 3.05) is 24.2 Å². The Morgan fingerprint density at radius 2 is 2.07 bits per heavy atom. The molecule has 1 amide bonds. The molecule has 0 saturated heterocycles. The lowest BCUT2D eigenvalue weighted by atomic mass is 9.98. The summed E-state index contributed by atoms with van der Waals surface area (Å²) in [6.45, 7) is 3.45. The summed E-state index contributed by atoms with van der Waals surface area (Å²) in [6.07, 6.45) is 2.80. The number of nitrogens with zero attached hydrogens (tertiary/aromatic N) is 1. The number of carbonyl (C=O) groups excluding carboxylic acids is 1. The molecule has 0 saturated carbocycles. The van der Waals surface area contributed by atoms with Crippen LogP contribution in [0.1, 0.15) is 39.7 Å². The molecule has 0 atom stereocenters. The number of rotatable bonds is 4. The molecule has 0 spiro atoms. The average Bonchev–Trinajstić information content (AvgIpc) is 3.12. The van der Waals surface area contributed by atoms with Crippen molar-refractivity contribution >= 4 is 21.6 Å². The molecular formula is C19H22N2O5S. The standard InChI is InChI=1S/C19H22N2O5S/c1-2-27(23,24)21-8-6-15-13(10-21)4-3-5-17(15)20-19(22)18-16-7-9-25-11-14(16)12-26-18/h3-5,12H,2,6-11H2,1H3,(H,20,22). The number of sulfonamides is 1. The summed E-state index contributed by atoms with van der Waals surface area (Å²) in [6, 6.07) is 5.59. The molecule has 2 aliphatic heterocycles. The third-order valence-corrected chi connectivity index (χ3v) is 7.01. The zero-order chi connectivity index (χ0) is 19.0. The maximum Gasteiger partial charge on any atom is 0.291 e. The first-order valence-electron chi connectivity index (χ1n) is 9.06. The number of amides is 1. The smallest absolute Gasteiger partial charge is 0.291 e. The number of ether oxygens (including phenoxy) is 1. The number of carbonyl (C=O) groups is 1. The lowest BCUT2D eigenvalue weighted by Gasteiger charge is -2.29. The third kappa shape index (κ3) is 3.40. The van der Waals surface area contributed by atoms with Gasteiger partial charge >= 0.3 is 0 Å². The van der Waals surface area contributed by atoms with Gasteiger partial charge in [0.15, 0.2) is 5.76 Å². The van der Waals surface area contributed by atoms with Crippen LogP contribution < -0.4 is 5.32 Å². The minimum atomic E-state index is -3.23. The van der Waals surface area contributed by atoms with Crippen molar-refractivity contribution < 1.29 is 22.4 Å². The molecule has 144 valence electrons. The van der Waals surface area contributed by atoms with Gasteiger partial charge in [0.1, 0.15) is 0 Å². The first-order chi connectivity index (χ1) is 13.0. The molecule has 0 bridgehead atoms. The van der Waals surface area contributed by atoms with E-state index >= 15 is 0 Å². The Morgan fingerprint density at radius 1 is 1.22 bits per heavy atom. The Balaban J connectivity index is 1.57. The van der Waals surface area contributed by atoms with E-state index in [2.05, 4.69) is 5.32 Å². The highest BCUT2D eigenvalue weighted by Crippen LogP contribution is 2.29. The van der Waals surface area contributed by atoms with E-state index in [4.69, 9.17) is 9.15 Å². The molecule has 1 N–H and O–H groups in total. The Hall–Kier alpha value is -2.16. The van der Waals surface area contributed by atoms with Gasteiger partial charge in [-0.15, -0.1) is 0 Å².